The van der Waals surface area contributed by atoms with E-state index < -0.39 is 0 Å². The molecule has 0 bridgehead atoms. The van der Waals surface area contributed by atoms with Crippen molar-refractivity contribution in [3.05, 3.63) is 243 Å². The number of rotatable bonds is 8. The quantitative estimate of drug-likeness (QED) is 0.153. The third-order valence-corrected chi connectivity index (χ3v) is 14.3. The highest BCUT2D eigenvalue weighted by Gasteiger charge is 2.21. The average molecular weight is 885 g/mol. The minimum Gasteiger partial charge on any atom is -0.308 e. The fraction of sp³-hybridized carbons (Fsp3) is 0. The first kappa shape index (κ1) is 39.6. The molecule has 13 rings (SSSR count). The van der Waals surface area contributed by atoms with Crippen LogP contribution in [0.4, 0.5) is 0 Å². The molecule has 0 saturated heterocycles. The van der Waals surface area contributed by atoms with Crippen molar-refractivity contribution in [1.82, 2.24) is 19.5 Å². The zero-order valence-electron chi connectivity index (χ0n) is 36.8. The molecule has 0 aliphatic rings. The summed E-state index contributed by atoms with van der Waals surface area (Å²) < 4.78 is 4.93. The number of para-hydroxylation sites is 2. The first-order valence-electron chi connectivity index (χ1n) is 22.9. The Morgan fingerprint density at radius 3 is 1.40 bits per heavy atom. The molecule has 0 amide bonds. The number of aromatic nitrogens is 4. The maximum atomic E-state index is 5.31. The molecule has 0 radical (unpaired) electrons. The van der Waals surface area contributed by atoms with E-state index in [-0.39, 0.29) is 0 Å². The Balaban J connectivity index is 1.04. The summed E-state index contributed by atoms with van der Waals surface area (Å²) in [6, 6.07) is 86.4. The van der Waals surface area contributed by atoms with E-state index >= 15 is 0 Å². The average Bonchev–Trinajstić information content (AvgIpc) is 3.97. The van der Waals surface area contributed by atoms with Crippen molar-refractivity contribution in [1.29, 1.82) is 0 Å². The SMILES string of the molecule is c1ccc(-c2nc(-c3ccccc3)nc(-c3cc(-c4ccc(-c5ccccc5)c(-c5ccccc5)c4)ccc3-c3ccc4c(c3)sc3c4ccc4c5ccccc5n(-c5ccccc5)c43)n2)cc1. The Kier molecular flexibility index (Phi) is 9.66. The first-order chi connectivity index (χ1) is 33.7. The number of nitrogens with zero attached hydrogens (tertiary/aromatic N) is 4. The second-order valence-corrected chi connectivity index (χ2v) is 18.2. The number of benzene rings is 10. The predicted octanol–water partition coefficient (Wildman–Crippen LogP) is 17.0. The monoisotopic (exact) mass is 884 g/mol. The molecule has 13 aromatic rings. The van der Waals surface area contributed by atoms with Crippen LogP contribution in [0.3, 0.4) is 0 Å². The van der Waals surface area contributed by atoms with Crippen LogP contribution < -0.4 is 0 Å². The standard InChI is InChI=1S/C63H40N4S/c1-6-18-41(19-7-1)49-33-30-45(38-55(49)42-20-8-2-9-21-42)46-31-34-50(56(39-46)63-65-61(43-22-10-3-11-23-43)64-62(66-63)44-24-12-4-13-25-44)47-32-35-52-54-37-36-53-51-28-16-17-29-57(51)67(48-26-14-5-15-27-48)59(53)60(54)68-58(52)40-47/h1-40H. The van der Waals surface area contributed by atoms with Crippen molar-refractivity contribution in [3.8, 4) is 84.4 Å². The molecule has 0 aliphatic heterocycles. The lowest BCUT2D eigenvalue weighted by Crippen LogP contribution is -2.01. The highest BCUT2D eigenvalue weighted by atomic mass is 32.1. The van der Waals surface area contributed by atoms with Gasteiger partial charge in [-0.15, -0.1) is 11.3 Å². The molecule has 3 aromatic heterocycles. The van der Waals surface area contributed by atoms with Crippen LogP contribution in [0.2, 0.25) is 0 Å². The van der Waals surface area contributed by atoms with Gasteiger partial charge in [0.25, 0.3) is 0 Å². The summed E-state index contributed by atoms with van der Waals surface area (Å²) in [5.41, 5.74) is 15.4. The highest BCUT2D eigenvalue weighted by molar-refractivity contribution is 7.26. The maximum Gasteiger partial charge on any atom is 0.164 e. The molecule has 5 heteroatoms. The molecule has 3 heterocycles. The zero-order chi connectivity index (χ0) is 45.0. The van der Waals surface area contributed by atoms with Gasteiger partial charge in [0.15, 0.2) is 17.5 Å². The van der Waals surface area contributed by atoms with Crippen LogP contribution >= 0.6 is 11.3 Å². The molecule has 4 nitrogen and oxygen atoms in total. The Bertz CT molecular complexity index is 3940. The van der Waals surface area contributed by atoms with Gasteiger partial charge in [-0.1, -0.05) is 206 Å². The van der Waals surface area contributed by atoms with Crippen LogP contribution in [0.25, 0.3) is 126 Å². The van der Waals surface area contributed by atoms with Gasteiger partial charge >= 0.3 is 0 Å². The molecule has 0 saturated carbocycles. The molecule has 0 N–H and O–H groups in total. The molecular weight excluding hydrogens is 845 g/mol. The van der Waals surface area contributed by atoms with E-state index in [1.165, 1.54) is 64.2 Å². The summed E-state index contributed by atoms with van der Waals surface area (Å²) in [5.74, 6) is 1.87. The van der Waals surface area contributed by atoms with E-state index in [4.69, 9.17) is 15.0 Å². The second-order valence-electron chi connectivity index (χ2n) is 17.1. The molecule has 10 aromatic carbocycles. The Labute approximate surface area is 397 Å². The molecular formula is C63H40N4S. The summed E-state index contributed by atoms with van der Waals surface area (Å²) >= 11 is 1.86. The van der Waals surface area contributed by atoms with Crippen LogP contribution in [0.5, 0.6) is 0 Å². The molecule has 0 aliphatic carbocycles. The summed E-state index contributed by atoms with van der Waals surface area (Å²) in [6.45, 7) is 0. The molecule has 0 unspecified atom stereocenters. The van der Waals surface area contributed by atoms with E-state index in [2.05, 4.69) is 211 Å². The third-order valence-electron chi connectivity index (χ3n) is 13.1. The summed E-state index contributed by atoms with van der Waals surface area (Å²) in [7, 11) is 0. The van der Waals surface area contributed by atoms with Gasteiger partial charge < -0.3 is 4.57 Å². The Morgan fingerprint density at radius 1 is 0.294 bits per heavy atom. The molecule has 68 heavy (non-hydrogen) atoms. The van der Waals surface area contributed by atoms with Gasteiger partial charge in [0.1, 0.15) is 0 Å². The van der Waals surface area contributed by atoms with Crippen LogP contribution in [-0.2, 0) is 0 Å². The summed E-state index contributed by atoms with van der Waals surface area (Å²) in [5, 5.41) is 5.00. The zero-order valence-corrected chi connectivity index (χ0v) is 37.6. The van der Waals surface area contributed by atoms with Crippen LogP contribution in [0, 0.1) is 0 Å². The number of hydrogen-bond donors (Lipinski definition) is 0. The van der Waals surface area contributed by atoms with E-state index in [0.29, 0.717) is 17.5 Å². The van der Waals surface area contributed by atoms with E-state index in [1.54, 1.807) is 0 Å². The van der Waals surface area contributed by atoms with Crippen LogP contribution in [0.1, 0.15) is 0 Å². The van der Waals surface area contributed by atoms with Crippen molar-refractivity contribution >= 4 is 53.3 Å². The van der Waals surface area contributed by atoms with Crippen molar-refractivity contribution in [2.75, 3.05) is 0 Å². The van der Waals surface area contributed by atoms with E-state index in [0.717, 1.165) is 44.6 Å². The normalized spacial score (nSPS) is 11.5. The number of thiophene rings is 1. The van der Waals surface area contributed by atoms with E-state index in [9.17, 15) is 0 Å². The number of fused-ring (bicyclic) bond motifs is 7. The van der Waals surface area contributed by atoms with Crippen molar-refractivity contribution in [2.24, 2.45) is 0 Å². The fourth-order valence-corrected chi connectivity index (χ4v) is 11.1. The van der Waals surface area contributed by atoms with Crippen LogP contribution in [0.15, 0.2) is 243 Å². The van der Waals surface area contributed by atoms with Gasteiger partial charge in [-0.2, -0.15) is 0 Å². The van der Waals surface area contributed by atoms with Gasteiger partial charge in [0.05, 0.1) is 15.7 Å². The van der Waals surface area contributed by atoms with Crippen molar-refractivity contribution < 1.29 is 0 Å². The topological polar surface area (TPSA) is 43.6 Å². The van der Waals surface area contributed by atoms with Crippen molar-refractivity contribution in [2.45, 2.75) is 0 Å². The molecule has 0 atom stereocenters. The highest BCUT2D eigenvalue weighted by Crippen LogP contribution is 2.45. The lowest BCUT2D eigenvalue weighted by Gasteiger charge is -2.16. The summed E-state index contributed by atoms with van der Waals surface area (Å²) in [4.78, 5) is 15.7. The van der Waals surface area contributed by atoms with Gasteiger partial charge in [-0.25, -0.2) is 15.0 Å². The molecule has 318 valence electrons. The molecule has 0 spiro atoms. The Hall–Kier alpha value is -8.77. The minimum atomic E-state index is 0.615. The second kappa shape index (κ2) is 16.6. The lowest BCUT2D eigenvalue weighted by atomic mass is 9.89. The smallest absolute Gasteiger partial charge is 0.164 e. The molecule has 0 fully saturated rings. The predicted molar refractivity (Wildman–Crippen MR) is 285 cm³/mol. The van der Waals surface area contributed by atoms with Gasteiger partial charge in [-0.3, -0.25) is 0 Å². The first-order valence-corrected chi connectivity index (χ1v) is 23.7. The summed E-state index contributed by atoms with van der Waals surface area (Å²) in [6.07, 6.45) is 0. The lowest BCUT2D eigenvalue weighted by molar-refractivity contribution is 1.07. The van der Waals surface area contributed by atoms with Crippen LogP contribution in [-0.4, -0.2) is 19.5 Å². The van der Waals surface area contributed by atoms with Gasteiger partial charge in [0.2, 0.25) is 0 Å². The Morgan fingerprint density at radius 2 is 0.765 bits per heavy atom. The van der Waals surface area contributed by atoms with Gasteiger partial charge in [-0.05, 0) is 80.9 Å². The maximum absolute atomic E-state index is 5.31. The number of hydrogen-bond acceptors (Lipinski definition) is 4. The largest absolute Gasteiger partial charge is 0.308 e. The van der Waals surface area contributed by atoms with E-state index in [1.807, 2.05) is 47.7 Å². The third kappa shape index (κ3) is 6.88. The fourth-order valence-electron chi connectivity index (χ4n) is 9.83. The van der Waals surface area contributed by atoms with Crippen molar-refractivity contribution in [3.63, 3.8) is 0 Å². The van der Waals surface area contributed by atoms with Gasteiger partial charge in [0, 0.05) is 48.6 Å². The minimum absolute atomic E-state index is 0.615.